The minimum absolute atomic E-state index is 0.00151. The van der Waals surface area contributed by atoms with Crippen LogP contribution < -0.4 is 10.5 Å². The van der Waals surface area contributed by atoms with E-state index in [0.29, 0.717) is 5.56 Å². The van der Waals surface area contributed by atoms with Crippen LogP contribution in [0.5, 0.6) is 11.6 Å². The van der Waals surface area contributed by atoms with Gasteiger partial charge in [0.2, 0.25) is 5.88 Å². The summed E-state index contributed by atoms with van der Waals surface area (Å²) < 4.78 is 31.4. The molecule has 0 aliphatic heterocycles. The number of hydrogen-bond acceptors (Lipinski definition) is 3. The van der Waals surface area contributed by atoms with Crippen molar-refractivity contribution >= 4 is 11.6 Å². The SMILES string of the molecule is NCc1cnc(Oc2cc(F)ccc2F)c(Cl)c1. The third-order valence-electron chi connectivity index (χ3n) is 2.20. The Labute approximate surface area is 107 Å². The van der Waals surface area contributed by atoms with Crippen LogP contribution in [0.1, 0.15) is 5.56 Å². The number of benzene rings is 1. The summed E-state index contributed by atoms with van der Waals surface area (Å²) in [5.41, 5.74) is 6.13. The molecular formula is C12H9ClF2N2O. The molecule has 3 nitrogen and oxygen atoms in total. The molecule has 2 aromatic rings. The Morgan fingerprint density at radius 1 is 1.28 bits per heavy atom. The maximum Gasteiger partial charge on any atom is 0.238 e. The highest BCUT2D eigenvalue weighted by atomic mass is 35.5. The summed E-state index contributed by atoms with van der Waals surface area (Å²) in [7, 11) is 0. The normalized spacial score (nSPS) is 10.4. The molecule has 0 unspecified atom stereocenters. The molecule has 0 bridgehead atoms. The Morgan fingerprint density at radius 2 is 2.06 bits per heavy atom. The van der Waals surface area contributed by atoms with E-state index in [-0.39, 0.29) is 23.2 Å². The van der Waals surface area contributed by atoms with Crippen molar-refractivity contribution in [1.82, 2.24) is 4.98 Å². The predicted molar refractivity (Wildman–Crippen MR) is 63.6 cm³/mol. The molecule has 0 saturated carbocycles. The van der Waals surface area contributed by atoms with Gasteiger partial charge >= 0.3 is 0 Å². The van der Waals surface area contributed by atoms with Crippen molar-refractivity contribution in [3.8, 4) is 11.6 Å². The zero-order chi connectivity index (χ0) is 13.1. The number of ether oxygens (including phenoxy) is 1. The van der Waals surface area contributed by atoms with Gasteiger partial charge in [0.05, 0.1) is 0 Å². The summed E-state index contributed by atoms with van der Waals surface area (Å²) in [6, 6.07) is 4.44. The van der Waals surface area contributed by atoms with Crippen molar-refractivity contribution in [2.24, 2.45) is 5.73 Å². The molecule has 1 aromatic carbocycles. The van der Waals surface area contributed by atoms with E-state index >= 15 is 0 Å². The average Bonchev–Trinajstić information content (AvgIpc) is 2.36. The fourth-order valence-electron chi connectivity index (χ4n) is 1.31. The lowest BCUT2D eigenvalue weighted by Gasteiger charge is -2.08. The summed E-state index contributed by atoms with van der Waals surface area (Å²) in [5.74, 6) is -1.58. The van der Waals surface area contributed by atoms with Gasteiger partial charge in [-0.1, -0.05) is 11.6 Å². The lowest BCUT2D eigenvalue weighted by Crippen LogP contribution is -1.99. The molecule has 0 fully saturated rings. The first-order valence-electron chi connectivity index (χ1n) is 5.07. The molecular weight excluding hydrogens is 262 g/mol. The fraction of sp³-hybridized carbons (Fsp3) is 0.0833. The number of hydrogen-bond donors (Lipinski definition) is 1. The second kappa shape index (κ2) is 5.29. The molecule has 0 radical (unpaired) electrons. The number of nitrogens with zero attached hydrogens (tertiary/aromatic N) is 1. The van der Waals surface area contributed by atoms with Crippen LogP contribution in [0, 0.1) is 11.6 Å². The van der Waals surface area contributed by atoms with Gasteiger partial charge in [-0.3, -0.25) is 0 Å². The van der Waals surface area contributed by atoms with E-state index in [1.54, 1.807) is 6.07 Å². The van der Waals surface area contributed by atoms with E-state index in [1.807, 2.05) is 0 Å². The van der Waals surface area contributed by atoms with Crippen molar-refractivity contribution in [3.63, 3.8) is 0 Å². The number of aromatic nitrogens is 1. The summed E-state index contributed by atoms with van der Waals surface area (Å²) in [5, 5.41) is 0.182. The first-order valence-corrected chi connectivity index (χ1v) is 5.45. The van der Waals surface area contributed by atoms with Gasteiger partial charge in [0.15, 0.2) is 11.6 Å². The maximum absolute atomic E-state index is 13.3. The topological polar surface area (TPSA) is 48.1 Å². The van der Waals surface area contributed by atoms with E-state index in [9.17, 15) is 8.78 Å². The Kier molecular flexibility index (Phi) is 3.74. The number of halogens is 3. The van der Waals surface area contributed by atoms with Gasteiger partial charge in [0.1, 0.15) is 10.8 Å². The van der Waals surface area contributed by atoms with Crippen molar-refractivity contribution < 1.29 is 13.5 Å². The zero-order valence-corrected chi connectivity index (χ0v) is 9.92. The second-order valence-electron chi connectivity index (χ2n) is 3.51. The first-order chi connectivity index (χ1) is 8.60. The highest BCUT2D eigenvalue weighted by Gasteiger charge is 2.10. The highest BCUT2D eigenvalue weighted by Crippen LogP contribution is 2.29. The van der Waals surface area contributed by atoms with Gasteiger partial charge in [-0.15, -0.1) is 0 Å². The molecule has 0 saturated heterocycles. The summed E-state index contributed by atoms with van der Waals surface area (Å²) >= 11 is 5.89. The fourth-order valence-corrected chi connectivity index (χ4v) is 1.54. The molecule has 1 heterocycles. The molecule has 6 heteroatoms. The van der Waals surface area contributed by atoms with Gasteiger partial charge < -0.3 is 10.5 Å². The molecule has 0 spiro atoms. The Morgan fingerprint density at radius 3 is 2.72 bits per heavy atom. The minimum Gasteiger partial charge on any atom is -0.434 e. The second-order valence-corrected chi connectivity index (χ2v) is 3.92. The monoisotopic (exact) mass is 270 g/mol. The Balaban J connectivity index is 2.31. The summed E-state index contributed by atoms with van der Waals surface area (Å²) in [4.78, 5) is 3.89. The predicted octanol–water partition coefficient (Wildman–Crippen LogP) is 3.26. The van der Waals surface area contributed by atoms with Crippen LogP contribution in [-0.4, -0.2) is 4.98 Å². The summed E-state index contributed by atoms with van der Waals surface area (Å²) in [6.07, 6.45) is 1.46. The molecule has 0 amide bonds. The van der Waals surface area contributed by atoms with E-state index in [2.05, 4.69) is 4.98 Å². The van der Waals surface area contributed by atoms with Crippen molar-refractivity contribution in [2.45, 2.75) is 6.54 Å². The van der Waals surface area contributed by atoms with Gasteiger partial charge in [0.25, 0.3) is 0 Å². The highest BCUT2D eigenvalue weighted by molar-refractivity contribution is 6.31. The van der Waals surface area contributed by atoms with Crippen LogP contribution in [0.15, 0.2) is 30.5 Å². The van der Waals surface area contributed by atoms with E-state index in [4.69, 9.17) is 22.1 Å². The molecule has 94 valence electrons. The van der Waals surface area contributed by atoms with Crippen molar-refractivity contribution in [1.29, 1.82) is 0 Å². The standard InChI is InChI=1S/C12H9ClF2N2O/c13-9-3-7(5-16)6-17-12(9)18-11-4-8(14)1-2-10(11)15/h1-4,6H,5,16H2. The maximum atomic E-state index is 13.3. The van der Waals surface area contributed by atoms with Gasteiger partial charge in [0, 0.05) is 18.8 Å². The molecule has 1 aromatic heterocycles. The summed E-state index contributed by atoms with van der Waals surface area (Å²) in [6.45, 7) is 0.279. The zero-order valence-electron chi connectivity index (χ0n) is 9.16. The average molecular weight is 271 g/mol. The largest absolute Gasteiger partial charge is 0.434 e. The van der Waals surface area contributed by atoms with E-state index in [1.165, 1.54) is 6.20 Å². The molecule has 0 atom stereocenters. The smallest absolute Gasteiger partial charge is 0.238 e. The van der Waals surface area contributed by atoms with Crippen LogP contribution in [0.25, 0.3) is 0 Å². The van der Waals surface area contributed by atoms with Crippen LogP contribution in [-0.2, 0) is 6.54 Å². The first kappa shape index (κ1) is 12.7. The van der Waals surface area contributed by atoms with Crippen LogP contribution in [0.3, 0.4) is 0 Å². The molecule has 2 N–H and O–H groups in total. The minimum atomic E-state index is -0.697. The van der Waals surface area contributed by atoms with Crippen LogP contribution in [0.4, 0.5) is 8.78 Å². The number of pyridine rings is 1. The van der Waals surface area contributed by atoms with Crippen LogP contribution >= 0.6 is 11.6 Å². The molecule has 0 aliphatic rings. The van der Waals surface area contributed by atoms with Gasteiger partial charge in [-0.25, -0.2) is 13.8 Å². The third kappa shape index (κ3) is 2.75. The lowest BCUT2D eigenvalue weighted by molar-refractivity contribution is 0.422. The van der Waals surface area contributed by atoms with Crippen molar-refractivity contribution in [3.05, 3.63) is 52.7 Å². The van der Waals surface area contributed by atoms with E-state index in [0.717, 1.165) is 18.2 Å². The number of rotatable bonds is 3. The molecule has 0 aliphatic carbocycles. The Bertz CT molecular complexity index is 578. The number of nitrogens with two attached hydrogens (primary N) is 1. The van der Waals surface area contributed by atoms with E-state index < -0.39 is 11.6 Å². The molecule has 18 heavy (non-hydrogen) atoms. The third-order valence-corrected chi connectivity index (χ3v) is 2.47. The van der Waals surface area contributed by atoms with Gasteiger partial charge in [-0.2, -0.15) is 0 Å². The van der Waals surface area contributed by atoms with Crippen molar-refractivity contribution in [2.75, 3.05) is 0 Å². The molecule has 2 rings (SSSR count). The quantitative estimate of drug-likeness (QED) is 0.931. The Hall–Kier alpha value is -1.72. The van der Waals surface area contributed by atoms with Crippen LogP contribution in [0.2, 0.25) is 5.02 Å². The van der Waals surface area contributed by atoms with Gasteiger partial charge in [-0.05, 0) is 23.8 Å². The lowest BCUT2D eigenvalue weighted by atomic mass is 10.3.